The first kappa shape index (κ1) is 19.0. The number of hydrogen-bond acceptors (Lipinski definition) is 4. The monoisotopic (exact) mass is 384 g/mol. The zero-order valence-corrected chi connectivity index (χ0v) is 16.3. The normalized spacial score (nSPS) is 10.7. The first-order chi connectivity index (χ1) is 13.0. The van der Waals surface area contributed by atoms with E-state index in [0.29, 0.717) is 34.5 Å². The maximum Gasteiger partial charge on any atom is 0.224 e. The predicted molar refractivity (Wildman–Crippen MR) is 106 cm³/mol. The molecule has 6 heteroatoms. The summed E-state index contributed by atoms with van der Waals surface area (Å²) in [5.74, 6) is 1.66. The van der Waals surface area contributed by atoms with Crippen LogP contribution in [0.15, 0.2) is 47.0 Å². The number of methoxy groups -OCH3 is 1. The summed E-state index contributed by atoms with van der Waals surface area (Å²) in [6, 6.07) is 11.2. The molecule has 0 bridgehead atoms. The number of benzene rings is 2. The second-order valence-corrected chi connectivity index (χ2v) is 6.72. The van der Waals surface area contributed by atoms with Crippen molar-refractivity contribution in [2.45, 2.75) is 26.7 Å². The van der Waals surface area contributed by atoms with E-state index in [1.807, 2.05) is 6.07 Å². The summed E-state index contributed by atoms with van der Waals surface area (Å²) in [5.41, 5.74) is 4.03. The second kappa shape index (κ2) is 8.27. The number of amides is 1. The number of carbonyl (C=O) groups excluding carboxylic acids is 1. The van der Waals surface area contributed by atoms with Crippen LogP contribution < -0.4 is 10.1 Å². The highest BCUT2D eigenvalue weighted by Crippen LogP contribution is 2.27. The summed E-state index contributed by atoms with van der Waals surface area (Å²) < 4.78 is 10.9. The van der Waals surface area contributed by atoms with Gasteiger partial charge in [0.15, 0.2) is 11.7 Å². The molecule has 0 aliphatic rings. The number of carbonyl (C=O) groups is 1. The standard InChI is InChI=1S/C21H21ClN2O3/c1-13-4-5-15(10-14(13)2)19-12-23-21(27-19)9-8-20(25)24-16-6-7-18(26-3)17(22)11-16/h4-7,10-12H,8-9H2,1-3H3,(H,24,25). The average Bonchev–Trinajstić information content (AvgIpc) is 3.11. The molecule has 0 radical (unpaired) electrons. The fourth-order valence-corrected chi connectivity index (χ4v) is 2.90. The summed E-state index contributed by atoms with van der Waals surface area (Å²) >= 11 is 6.07. The Labute approximate surface area is 163 Å². The molecule has 2 aromatic carbocycles. The number of nitrogens with one attached hydrogen (secondary N) is 1. The van der Waals surface area contributed by atoms with E-state index < -0.39 is 0 Å². The van der Waals surface area contributed by atoms with E-state index in [-0.39, 0.29) is 12.3 Å². The second-order valence-electron chi connectivity index (χ2n) is 6.31. The Morgan fingerprint density at radius 2 is 2.00 bits per heavy atom. The van der Waals surface area contributed by atoms with Gasteiger partial charge in [0.05, 0.1) is 18.3 Å². The molecule has 140 valence electrons. The minimum Gasteiger partial charge on any atom is -0.495 e. The number of aromatic nitrogens is 1. The van der Waals surface area contributed by atoms with E-state index in [0.717, 1.165) is 5.56 Å². The Morgan fingerprint density at radius 3 is 2.70 bits per heavy atom. The molecule has 0 spiro atoms. The van der Waals surface area contributed by atoms with Crippen molar-refractivity contribution < 1.29 is 13.9 Å². The highest BCUT2D eigenvalue weighted by molar-refractivity contribution is 6.32. The van der Waals surface area contributed by atoms with Crippen LogP contribution in [-0.2, 0) is 11.2 Å². The van der Waals surface area contributed by atoms with Gasteiger partial charge in [0.25, 0.3) is 0 Å². The number of hydrogen-bond donors (Lipinski definition) is 1. The Kier molecular flexibility index (Phi) is 5.81. The number of nitrogens with zero attached hydrogens (tertiary/aromatic N) is 1. The van der Waals surface area contributed by atoms with Gasteiger partial charge in [-0.05, 0) is 49.2 Å². The number of halogens is 1. The van der Waals surface area contributed by atoms with Crippen molar-refractivity contribution in [3.05, 3.63) is 64.6 Å². The molecule has 1 heterocycles. The quantitative estimate of drug-likeness (QED) is 0.635. The van der Waals surface area contributed by atoms with E-state index in [2.05, 4.69) is 36.3 Å². The van der Waals surface area contributed by atoms with Gasteiger partial charge in [-0.1, -0.05) is 23.7 Å². The summed E-state index contributed by atoms with van der Waals surface area (Å²) in [5, 5.41) is 3.25. The fourth-order valence-electron chi connectivity index (χ4n) is 2.64. The Morgan fingerprint density at radius 1 is 1.19 bits per heavy atom. The molecule has 0 atom stereocenters. The average molecular weight is 385 g/mol. The Hall–Kier alpha value is -2.79. The van der Waals surface area contributed by atoms with Crippen molar-refractivity contribution in [3.8, 4) is 17.1 Å². The minimum atomic E-state index is -0.137. The van der Waals surface area contributed by atoms with Gasteiger partial charge in [-0.2, -0.15) is 0 Å². The fraction of sp³-hybridized carbons (Fsp3) is 0.238. The van der Waals surface area contributed by atoms with Gasteiger partial charge in [0.1, 0.15) is 5.75 Å². The van der Waals surface area contributed by atoms with Crippen LogP contribution in [0, 0.1) is 13.8 Å². The van der Waals surface area contributed by atoms with Gasteiger partial charge < -0.3 is 14.5 Å². The van der Waals surface area contributed by atoms with E-state index in [4.69, 9.17) is 20.8 Å². The smallest absolute Gasteiger partial charge is 0.224 e. The summed E-state index contributed by atoms with van der Waals surface area (Å²) in [6.45, 7) is 4.13. The number of anilines is 1. The zero-order chi connectivity index (χ0) is 19.4. The SMILES string of the molecule is COc1ccc(NC(=O)CCc2ncc(-c3ccc(C)c(C)c3)o2)cc1Cl. The lowest BCUT2D eigenvalue weighted by Gasteiger charge is -2.07. The summed E-state index contributed by atoms with van der Waals surface area (Å²) in [4.78, 5) is 16.4. The molecular weight excluding hydrogens is 364 g/mol. The van der Waals surface area contributed by atoms with Gasteiger partial charge in [0.2, 0.25) is 5.91 Å². The van der Waals surface area contributed by atoms with Crippen LogP contribution in [0.25, 0.3) is 11.3 Å². The summed E-state index contributed by atoms with van der Waals surface area (Å²) in [7, 11) is 1.54. The molecule has 0 saturated heterocycles. The molecule has 3 rings (SSSR count). The summed E-state index contributed by atoms with van der Waals surface area (Å²) in [6.07, 6.45) is 2.37. The van der Waals surface area contributed by atoms with Crippen molar-refractivity contribution in [2.75, 3.05) is 12.4 Å². The lowest BCUT2D eigenvalue weighted by atomic mass is 10.1. The molecule has 0 saturated carbocycles. The van der Waals surface area contributed by atoms with Crippen molar-refractivity contribution in [1.29, 1.82) is 0 Å². The first-order valence-corrected chi connectivity index (χ1v) is 9.00. The molecular formula is C21H21ClN2O3. The van der Waals surface area contributed by atoms with Crippen LogP contribution >= 0.6 is 11.6 Å². The van der Waals surface area contributed by atoms with E-state index in [1.54, 1.807) is 31.5 Å². The van der Waals surface area contributed by atoms with Gasteiger partial charge in [0, 0.05) is 24.1 Å². The van der Waals surface area contributed by atoms with Crippen molar-refractivity contribution in [3.63, 3.8) is 0 Å². The van der Waals surface area contributed by atoms with Crippen LogP contribution in [0.4, 0.5) is 5.69 Å². The van der Waals surface area contributed by atoms with Crippen molar-refractivity contribution in [1.82, 2.24) is 4.98 Å². The number of oxazole rings is 1. The molecule has 27 heavy (non-hydrogen) atoms. The van der Waals surface area contributed by atoms with E-state index in [1.165, 1.54) is 11.1 Å². The molecule has 0 fully saturated rings. The first-order valence-electron chi connectivity index (χ1n) is 8.62. The van der Waals surface area contributed by atoms with Crippen LogP contribution in [0.5, 0.6) is 5.75 Å². The molecule has 1 aromatic heterocycles. The third-order valence-corrected chi connectivity index (χ3v) is 4.64. The highest BCUT2D eigenvalue weighted by atomic mass is 35.5. The molecule has 5 nitrogen and oxygen atoms in total. The highest BCUT2D eigenvalue weighted by Gasteiger charge is 2.11. The maximum atomic E-state index is 12.2. The van der Waals surface area contributed by atoms with Crippen molar-refractivity contribution in [2.24, 2.45) is 0 Å². The molecule has 1 N–H and O–H groups in total. The van der Waals surface area contributed by atoms with Gasteiger partial charge in [-0.15, -0.1) is 0 Å². The number of aryl methyl sites for hydroxylation is 3. The molecule has 0 aliphatic heterocycles. The largest absolute Gasteiger partial charge is 0.495 e. The molecule has 1 amide bonds. The molecule has 0 aliphatic carbocycles. The Balaban J connectivity index is 1.58. The van der Waals surface area contributed by atoms with Crippen LogP contribution in [0.1, 0.15) is 23.4 Å². The maximum absolute atomic E-state index is 12.2. The van der Waals surface area contributed by atoms with Gasteiger partial charge in [-0.3, -0.25) is 4.79 Å². The zero-order valence-electron chi connectivity index (χ0n) is 15.5. The van der Waals surface area contributed by atoms with E-state index >= 15 is 0 Å². The van der Waals surface area contributed by atoms with Crippen molar-refractivity contribution >= 4 is 23.2 Å². The number of ether oxygens (including phenoxy) is 1. The third-order valence-electron chi connectivity index (χ3n) is 4.35. The lowest BCUT2D eigenvalue weighted by molar-refractivity contribution is -0.116. The van der Waals surface area contributed by atoms with Gasteiger partial charge >= 0.3 is 0 Å². The topological polar surface area (TPSA) is 64.4 Å². The van der Waals surface area contributed by atoms with Crippen LogP contribution in [-0.4, -0.2) is 18.0 Å². The Bertz CT molecular complexity index is 966. The minimum absolute atomic E-state index is 0.137. The molecule has 3 aromatic rings. The third kappa shape index (κ3) is 4.68. The van der Waals surface area contributed by atoms with Crippen LogP contribution in [0.3, 0.4) is 0 Å². The van der Waals surface area contributed by atoms with E-state index in [9.17, 15) is 4.79 Å². The predicted octanol–water partition coefficient (Wildman–Crippen LogP) is 5.19. The molecule has 0 unspecified atom stereocenters. The van der Waals surface area contributed by atoms with Crippen LogP contribution in [0.2, 0.25) is 5.02 Å². The van der Waals surface area contributed by atoms with Gasteiger partial charge in [-0.25, -0.2) is 4.98 Å². The lowest BCUT2D eigenvalue weighted by Crippen LogP contribution is -2.12. The number of rotatable bonds is 6.